The number of likely N-dealkylation sites (tertiary alicyclic amines) is 1. The van der Waals surface area contributed by atoms with Gasteiger partial charge in [-0.25, -0.2) is 4.99 Å². The number of hydrogen-bond donors (Lipinski definition) is 0. The van der Waals surface area contributed by atoms with Crippen molar-refractivity contribution in [2.75, 3.05) is 13.1 Å². The zero-order valence-electron chi connectivity index (χ0n) is 14.1. The van der Waals surface area contributed by atoms with E-state index in [1.54, 1.807) is 0 Å². The van der Waals surface area contributed by atoms with Gasteiger partial charge in [0.1, 0.15) is 0 Å². The van der Waals surface area contributed by atoms with E-state index in [4.69, 9.17) is 0 Å². The van der Waals surface area contributed by atoms with Crippen LogP contribution in [-0.2, 0) is 13.0 Å². The Hall–Kier alpha value is -2.26. The molecule has 1 fully saturated rings. The minimum atomic E-state index is -0.115. The second-order valence-electron chi connectivity index (χ2n) is 6.82. The van der Waals surface area contributed by atoms with Crippen LogP contribution in [0.3, 0.4) is 0 Å². The Morgan fingerprint density at radius 1 is 1.04 bits per heavy atom. The van der Waals surface area contributed by atoms with Crippen molar-refractivity contribution >= 4 is 11.6 Å². The van der Waals surface area contributed by atoms with E-state index in [0.29, 0.717) is 0 Å². The molecule has 0 saturated carbocycles. The minimum absolute atomic E-state index is 0.115. The van der Waals surface area contributed by atoms with Crippen LogP contribution in [0.5, 0.6) is 0 Å². The summed E-state index contributed by atoms with van der Waals surface area (Å²) in [6.07, 6.45) is 3.37. The largest absolute Gasteiger partial charge is 0.299 e. The predicted molar refractivity (Wildman–Crippen MR) is 96.7 cm³/mol. The first kappa shape index (κ1) is 15.3. The highest BCUT2D eigenvalue weighted by Gasteiger charge is 2.21. The van der Waals surface area contributed by atoms with E-state index in [1.807, 2.05) is 12.1 Å². The van der Waals surface area contributed by atoms with Crippen LogP contribution in [0.2, 0.25) is 0 Å². The normalized spacial score (nSPS) is 17.7. The van der Waals surface area contributed by atoms with Gasteiger partial charge in [-0.15, -0.1) is 0 Å². The van der Waals surface area contributed by atoms with E-state index in [-0.39, 0.29) is 5.91 Å². The Kier molecular flexibility index (Phi) is 4.03. The van der Waals surface area contributed by atoms with Crippen LogP contribution < -0.4 is 0 Å². The number of carbonyl (C=O) groups is 1. The number of nitrogens with zero attached hydrogens (tertiary/aromatic N) is 2. The van der Waals surface area contributed by atoms with E-state index < -0.39 is 0 Å². The van der Waals surface area contributed by atoms with Gasteiger partial charge in [-0.2, -0.15) is 0 Å². The third-order valence-corrected chi connectivity index (χ3v) is 5.11. The average molecular weight is 318 g/mol. The van der Waals surface area contributed by atoms with Gasteiger partial charge in [-0.05, 0) is 61.2 Å². The van der Waals surface area contributed by atoms with Gasteiger partial charge in [0.15, 0.2) is 0 Å². The highest BCUT2D eigenvalue weighted by atomic mass is 16.1. The molecular formula is C21H22N2O. The molecule has 2 aliphatic rings. The molecule has 0 aliphatic carbocycles. The first-order valence-electron chi connectivity index (χ1n) is 8.73. The molecule has 2 aliphatic heterocycles. The Labute approximate surface area is 143 Å². The van der Waals surface area contributed by atoms with Crippen LogP contribution in [0.25, 0.3) is 0 Å². The van der Waals surface area contributed by atoms with Crippen LogP contribution >= 0.6 is 0 Å². The van der Waals surface area contributed by atoms with Gasteiger partial charge in [0.2, 0.25) is 0 Å². The lowest BCUT2D eigenvalue weighted by atomic mass is 9.91. The summed E-state index contributed by atoms with van der Waals surface area (Å²) >= 11 is 0. The second-order valence-corrected chi connectivity index (χ2v) is 6.82. The fraction of sp³-hybridized carbons (Fsp3) is 0.333. The molecule has 3 heteroatoms. The number of benzene rings is 2. The number of aliphatic imine (C=N–C) groups is 1. The number of hydrogen-bond acceptors (Lipinski definition) is 2. The number of rotatable bonds is 3. The van der Waals surface area contributed by atoms with Crippen molar-refractivity contribution in [3.05, 3.63) is 70.3 Å². The summed E-state index contributed by atoms with van der Waals surface area (Å²) in [6.45, 7) is 5.50. The summed E-state index contributed by atoms with van der Waals surface area (Å²) in [5, 5.41) is 0. The van der Waals surface area contributed by atoms with Crippen LogP contribution in [0.4, 0.5) is 0 Å². The molecule has 122 valence electrons. The van der Waals surface area contributed by atoms with Gasteiger partial charge in [-0.1, -0.05) is 36.4 Å². The second kappa shape index (κ2) is 6.33. The van der Waals surface area contributed by atoms with Gasteiger partial charge >= 0.3 is 0 Å². The predicted octanol–water partition coefficient (Wildman–Crippen LogP) is 3.78. The maximum Gasteiger partial charge on any atom is 0.277 e. The molecule has 1 amide bonds. The molecule has 2 heterocycles. The first-order chi connectivity index (χ1) is 11.7. The molecule has 1 saturated heterocycles. The molecular weight excluding hydrogens is 296 g/mol. The summed E-state index contributed by atoms with van der Waals surface area (Å²) < 4.78 is 0. The lowest BCUT2D eigenvalue weighted by molar-refractivity contribution is 0.1000. The summed E-state index contributed by atoms with van der Waals surface area (Å²) in [4.78, 5) is 19.2. The van der Waals surface area contributed by atoms with E-state index in [0.717, 1.165) is 35.4 Å². The van der Waals surface area contributed by atoms with E-state index in [9.17, 15) is 4.79 Å². The Morgan fingerprint density at radius 2 is 1.79 bits per heavy atom. The smallest absolute Gasteiger partial charge is 0.277 e. The van der Waals surface area contributed by atoms with Gasteiger partial charge in [0.25, 0.3) is 5.91 Å². The molecule has 3 nitrogen and oxygen atoms in total. The molecule has 4 rings (SSSR count). The fourth-order valence-corrected chi connectivity index (χ4v) is 3.70. The van der Waals surface area contributed by atoms with Crippen LogP contribution in [0, 0.1) is 6.92 Å². The molecule has 0 bridgehead atoms. The Balaban J connectivity index is 1.56. The SMILES string of the molecule is Cc1cccc2c1CC(c1ccc(CN3CCCC3)cc1)=NC2=O. The van der Waals surface area contributed by atoms with Crippen LogP contribution in [0.15, 0.2) is 47.5 Å². The van der Waals surface area contributed by atoms with Gasteiger partial charge in [0, 0.05) is 18.5 Å². The third-order valence-electron chi connectivity index (χ3n) is 5.11. The zero-order valence-corrected chi connectivity index (χ0v) is 14.1. The van der Waals surface area contributed by atoms with Crippen molar-refractivity contribution < 1.29 is 4.79 Å². The monoisotopic (exact) mass is 318 g/mol. The Morgan fingerprint density at radius 3 is 2.54 bits per heavy atom. The maximum absolute atomic E-state index is 12.3. The summed E-state index contributed by atoms with van der Waals surface area (Å²) in [6, 6.07) is 14.4. The van der Waals surface area contributed by atoms with Crippen molar-refractivity contribution in [1.82, 2.24) is 4.90 Å². The van der Waals surface area contributed by atoms with Crippen molar-refractivity contribution in [1.29, 1.82) is 0 Å². The van der Waals surface area contributed by atoms with Crippen molar-refractivity contribution in [2.45, 2.75) is 32.7 Å². The Bertz CT molecular complexity index is 799. The van der Waals surface area contributed by atoms with E-state index >= 15 is 0 Å². The quantitative estimate of drug-likeness (QED) is 0.863. The number of amides is 1. The maximum atomic E-state index is 12.3. The molecule has 0 atom stereocenters. The van der Waals surface area contributed by atoms with Gasteiger partial charge in [-0.3, -0.25) is 9.69 Å². The van der Waals surface area contributed by atoms with Crippen molar-refractivity contribution in [2.24, 2.45) is 4.99 Å². The molecule has 0 radical (unpaired) electrons. The minimum Gasteiger partial charge on any atom is -0.299 e. The lowest BCUT2D eigenvalue weighted by Gasteiger charge is -2.18. The molecule has 24 heavy (non-hydrogen) atoms. The van der Waals surface area contributed by atoms with E-state index in [2.05, 4.69) is 47.1 Å². The summed E-state index contributed by atoms with van der Waals surface area (Å²) in [5.41, 5.74) is 6.31. The van der Waals surface area contributed by atoms with Crippen molar-refractivity contribution in [3.8, 4) is 0 Å². The fourth-order valence-electron chi connectivity index (χ4n) is 3.70. The molecule has 2 aromatic carbocycles. The summed E-state index contributed by atoms with van der Waals surface area (Å²) in [5.74, 6) is -0.115. The molecule has 0 spiro atoms. The van der Waals surface area contributed by atoms with E-state index in [1.165, 1.54) is 37.1 Å². The highest BCUT2D eigenvalue weighted by Crippen LogP contribution is 2.23. The van der Waals surface area contributed by atoms with Crippen molar-refractivity contribution in [3.63, 3.8) is 0 Å². The molecule has 0 aromatic heterocycles. The lowest BCUT2D eigenvalue weighted by Crippen LogP contribution is -2.19. The first-order valence-corrected chi connectivity index (χ1v) is 8.73. The summed E-state index contributed by atoms with van der Waals surface area (Å²) in [7, 11) is 0. The molecule has 0 unspecified atom stereocenters. The average Bonchev–Trinajstić information content (AvgIpc) is 3.09. The van der Waals surface area contributed by atoms with Crippen LogP contribution in [-0.4, -0.2) is 29.6 Å². The van der Waals surface area contributed by atoms with Gasteiger partial charge < -0.3 is 0 Å². The number of aryl methyl sites for hydroxylation is 1. The molecule has 0 N–H and O–H groups in total. The number of carbonyl (C=O) groups excluding carboxylic acids is 1. The standard InChI is InChI=1S/C21H22N2O/c1-15-5-4-6-18-19(15)13-20(22-21(18)24)17-9-7-16(8-10-17)14-23-11-2-3-12-23/h4-10H,2-3,11-14H2,1H3. The topological polar surface area (TPSA) is 32.7 Å². The third kappa shape index (κ3) is 2.92. The highest BCUT2D eigenvalue weighted by molar-refractivity contribution is 6.15. The molecule has 2 aromatic rings. The van der Waals surface area contributed by atoms with Gasteiger partial charge in [0.05, 0.1) is 5.71 Å². The number of fused-ring (bicyclic) bond motifs is 1. The van der Waals surface area contributed by atoms with Crippen LogP contribution in [0.1, 0.15) is 45.5 Å². The zero-order chi connectivity index (χ0) is 16.5.